The van der Waals surface area contributed by atoms with Crippen molar-refractivity contribution in [2.45, 2.75) is 0 Å². The van der Waals surface area contributed by atoms with Crippen LogP contribution in [-0.2, 0) is 4.79 Å². The van der Waals surface area contributed by atoms with Crippen LogP contribution in [0.4, 0.5) is 5.13 Å². The Hall–Kier alpha value is -3.52. The summed E-state index contributed by atoms with van der Waals surface area (Å²) < 4.78 is 21.2. The molecule has 0 aliphatic rings. The van der Waals surface area contributed by atoms with Gasteiger partial charge >= 0.3 is 0 Å². The zero-order chi connectivity index (χ0) is 21.5. The first-order chi connectivity index (χ1) is 14.6. The van der Waals surface area contributed by atoms with Gasteiger partial charge in [-0.2, -0.15) is 0 Å². The summed E-state index contributed by atoms with van der Waals surface area (Å²) in [5.41, 5.74) is 2.20. The Morgan fingerprint density at radius 1 is 0.933 bits per heavy atom. The maximum atomic E-state index is 12.4. The van der Waals surface area contributed by atoms with Crippen LogP contribution in [0.15, 0.2) is 47.9 Å². The van der Waals surface area contributed by atoms with E-state index in [4.69, 9.17) is 18.9 Å². The first-order valence-electron chi connectivity index (χ1n) is 8.97. The van der Waals surface area contributed by atoms with Gasteiger partial charge in [0.05, 0.1) is 34.1 Å². The molecule has 156 valence electrons. The average Bonchev–Trinajstić information content (AvgIpc) is 3.25. The molecule has 1 heterocycles. The predicted molar refractivity (Wildman–Crippen MR) is 118 cm³/mol. The van der Waals surface area contributed by atoms with Crippen LogP contribution in [0.2, 0.25) is 0 Å². The Labute approximate surface area is 178 Å². The van der Waals surface area contributed by atoms with Crippen molar-refractivity contribution in [2.24, 2.45) is 0 Å². The van der Waals surface area contributed by atoms with Crippen molar-refractivity contribution >= 4 is 28.5 Å². The molecule has 0 unspecified atom stereocenters. The average molecular weight is 426 g/mol. The fraction of sp³-hybridized carbons (Fsp3) is 0.182. The summed E-state index contributed by atoms with van der Waals surface area (Å²) in [6, 6.07) is 10.8. The second-order valence-corrected chi connectivity index (χ2v) is 6.89. The fourth-order valence-corrected chi connectivity index (χ4v) is 3.46. The van der Waals surface area contributed by atoms with E-state index in [9.17, 15) is 4.79 Å². The number of anilines is 1. The molecule has 0 fully saturated rings. The number of hydrogen-bond acceptors (Lipinski definition) is 7. The van der Waals surface area contributed by atoms with Gasteiger partial charge < -0.3 is 18.9 Å². The second kappa shape index (κ2) is 9.80. The summed E-state index contributed by atoms with van der Waals surface area (Å²) in [7, 11) is 6.35. The Bertz CT molecular complexity index is 1060. The van der Waals surface area contributed by atoms with Gasteiger partial charge in [0.15, 0.2) is 5.13 Å². The molecule has 0 spiro atoms. The van der Waals surface area contributed by atoms with Crippen LogP contribution in [-0.4, -0.2) is 39.3 Å². The first kappa shape index (κ1) is 21.2. The van der Waals surface area contributed by atoms with Gasteiger partial charge in [-0.05, 0) is 42.5 Å². The lowest BCUT2D eigenvalue weighted by Gasteiger charge is -2.08. The molecule has 0 aliphatic heterocycles. The number of ether oxygens (including phenoxy) is 4. The van der Waals surface area contributed by atoms with Gasteiger partial charge in [-0.3, -0.25) is 10.1 Å². The minimum Gasteiger partial charge on any atom is -0.497 e. The molecule has 0 radical (unpaired) electrons. The van der Waals surface area contributed by atoms with E-state index >= 15 is 0 Å². The number of hydrogen-bond donors (Lipinski definition) is 1. The van der Waals surface area contributed by atoms with Gasteiger partial charge in [0.25, 0.3) is 0 Å². The molecular formula is C22H22N2O5S. The summed E-state index contributed by atoms with van der Waals surface area (Å²) in [6.07, 6.45) is 3.08. The van der Waals surface area contributed by atoms with Crippen LogP contribution in [0.5, 0.6) is 23.0 Å². The minimum absolute atomic E-state index is 0.307. The van der Waals surface area contributed by atoms with Crippen LogP contribution in [0, 0.1) is 0 Å². The highest BCUT2D eigenvalue weighted by atomic mass is 32.1. The summed E-state index contributed by atoms with van der Waals surface area (Å²) >= 11 is 1.32. The number of nitrogens with one attached hydrogen (secondary N) is 1. The zero-order valence-electron chi connectivity index (χ0n) is 17.1. The third-order valence-corrected chi connectivity index (χ3v) is 5.03. The second-order valence-electron chi connectivity index (χ2n) is 6.03. The van der Waals surface area contributed by atoms with Crippen molar-refractivity contribution in [1.82, 2.24) is 4.98 Å². The van der Waals surface area contributed by atoms with Crippen LogP contribution >= 0.6 is 11.3 Å². The molecule has 0 aliphatic carbocycles. The molecular weight excluding hydrogens is 404 g/mol. The first-order valence-corrected chi connectivity index (χ1v) is 9.85. The zero-order valence-corrected chi connectivity index (χ0v) is 17.9. The topological polar surface area (TPSA) is 78.9 Å². The van der Waals surface area contributed by atoms with Crippen molar-refractivity contribution in [2.75, 3.05) is 33.8 Å². The van der Waals surface area contributed by atoms with E-state index in [2.05, 4.69) is 10.3 Å². The molecule has 0 saturated carbocycles. The van der Waals surface area contributed by atoms with E-state index in [0.717, 1.165) is 11.1 Å². The normalized spacial score (nSPS) is 10.7. The van der Waals surface area contributed by atoms with Gasteiger partial charge in [-0.15, -0.1) is 11.3 Å². The van der Waals surface area contributed by atoms with Crippen molar-refractivity contribution < 1.29 is 23.7 Å². The number of nitrogens with zero attached hydrogens (tertiary/aromatic N) is 1. The summed E-state index contributed by atoms with van der Waals surface area (Å²) in [5, 5.41) is 5.10. The minimum atomic E-state index is -0.307. The van der Waals surface area contributed by atoms with Gasteiger partial charge in [0.2, 0.25) is 5.91 Å². The van der Waals surface area contributed by atoms with E-state index in [1.165, 1.54) is 17.4 Å². The SMILES string of the molecule is COc1ccc(OC)c(/C=C/C(=O)Nc2nc(-c3cc(OC)ccc3OC)cs2)c1. The van der Waals surface area contributed by atoms with Gasteiger partial charge in [-0.25, -0.2) is 4.98 Å². The van der Waals surface area contributed by atoms with Gasteiger partial charge in [-0.1, -0.05) is 0 Å². The van der Waals surface area contributed by atoms with Crippen molar-refractivity contribution in [3.8, 4) is 34.3 Å². The highest BCUT2D eigenvalue weighted by Crippen LogP contribution is 2.35. The van der Waals surface area contributed by atoms with E-state index in [-0.39, 0.29) is 5.91 Å². The van der Waals surface area contributed by atoms with Crippen LogP contribution in [0.1, 0.15) is 5.56 Å². The van der Waals surface area contributed by atoms with Crippen molar-refractivity contribution in [3.05, 3.63) is 53.4 Å². The molecule has 0 saturated heterocycles. The highest BCUT2D eigenvalue weighted by molar-refractivity contribution is 7.14. The third kappa shape index (κ3) is 4.90. The van der Waals surface area contributed by atoms with Crippen LogP contribution in [0.3, 0.4) is 0 Å². The quantitative estimate of drug-likeness (QED) is 0.535. The fourth-order valence-electron chi connectivity index (χ4n) is 2.75. The molecule has 1 N–H and O–H groups in total. The van der Waals surface area contributed by atoms with Crippen molar-refractivity contribution in [3.63, 3.8) is 0 Å². The Morgan fingerprint density at radius 3 is 2.27 bits per heavy atom. The number of carbonyl (C=O) groups excluding carboxylic acids is 1. The summed E-state index contributed by atoms with van der Waals surface area (Å²) in [5.74, 6) is 2.37. The summed E-state index contributed by atoms with van der Waals surface area (Å²) in [4.78, 5) is 16.9. The standard InChI is InChI=1S/C22H22N2O5S/c1-26-15-6-8-19(28-3)14(11-15)5-10-21(25)24-22-23-18(13-30-22)17-12-16(27-2)7-9-20(17)29-4/h5-13H,1-4H3,(H,23,24,25)/b10-5+. The van der Waals surface area contributed by atoms with E-state index in [1.54, 1.807) is 52.7 Å². The lowest BCUT2D eigenvalue weighted by atomic mass is 10.1. The number of methoxy groups -OCH3 is 4. The Balaban J connectivity index is 1.75. The monoisotopic (exact) mass is 426 g/mol. The molecule has 8 heteroatoms. The predicted octanol–water partition coefficient (Wildman–Crippen LogP) is 4.50. The number of rotatable bonds is 8. The number of benzene rings is 2. The Kier molecular flexibility index (Phi) is 6.92. The van der Waals surface area contributed by atoms with Crippen LogP contribution < -0.4 is 24.3 Å². The van der Waals surface area contributed by atoms with E-state index < -0.39 is 0 Å². The molecule has 3 rings (SSSR count). The largest absolute Gasteiger partial charge is 0.497 e. The van der Waals surface area contributed by atoms with Gasteiger partial charge in [0, 0.05) is 22.6 Å². The maximum absolute atomic E-state index is 12.4. The highest BCUT2D eigenvalue weighted by Gasteiger charge is 2.12. The lowest BCUT2D eigenvalue weighted by molar-refractivity contribution is -0.111. The lowest BCUT2D eigenvalue weighted by Crippen LogP contribution is -2.07. The number of aromatic nitrogens is 1. The molecule has 7 nitrogen and oxygen atoms in total. The van der Waals surface area contributed by atoms with E-state index in [0.29, 0.717) is 33.8 Å². The molecule has 1 amide bonds. The molecule has 0 atom stereocenters. The molecule has 3 aromatic rings. The number of carbonyl (C=O) groups is 1. The van der Waals surface area contributed by atoms with Crippen molar-refractivity contribution in [1.29, 1.82) is 0 Å². The molecule has 0 bridgehead atoms. The van der Waals surface area contributed by atoms with E-state index in [1.807, 2.05) is 23.6 Å². The molecule has 1 aromatic heterocycles. The number of amides is 1. The summed E-state index contributed by atoms with van der Waals surface area (Å²) in [6.45, 7) is 0. The van der Waals surface area contributed by atoms with Gasteiger partial charge in [0.1, 0.15) is 23.0 Å². The molecule has 30 heavy (non-hydrogen) atoms. The smallest absolute Gasteiger partial charge is 0.250 e. The van der Waals surface area contributed by atoms with Crippen LogP contribution in [0.25, 0.3) is 17.3 Å². The third-order valence-electron chi connectivity index (χ3n) is 4.27. The number of thiazole rings is 1. The Morgan fingerprint density at radius 2 is 1.60 bits per heavy atom. The maximum Gasteiger partial charge on any atom is 0.250 e. The molecule has 2 aromatic carbocycles.